The summed E-state index contributed by atoms with van der Waals surface area (Å²) in [6, 6.07) is 4.52. The first-order chi connectivity index (χ1) is 17.1. The Morgan fingerprint density at radius 2 is 1.57 bits per heavy atom. The van der Waals surface area contributed by atoms with Gasteiger partial charge < -0.3 is 4.74 Å². The molecule has 2 aromatic rings. The van der Waals surface area contributed by atoms with Crippen molar-refractivity contribution in [1.82, 2.24) is 9.97 Å². The molecule has 5 heteroatoms. The van der Waals surface area contributed by atoms with Gasteiger partial charge in [0.25, 0.3) is 0 Å². The van der Waals surface area contributed by atoms with Crippen LogP contribution >= 0.6 is 0 Å². The Hall–Kier alpha value is -2.30. The van der Waals surface area contributed by atoms with Crippen molar-refractivity contribution in [3.63, 3.8) is 0 Å². The highest BCUT2D eigenvalue weighted by atomic mass is 19.1. The maximum atomic E-state index is 14.8. The topological polar surface area (TPSA) is 52.1 Å². The lowest BCUT2D eigenvalue weighted by molar-refractivity contribution is 0.0156. The number of carbonyl (C=O) groups is 1. The molecule has 3 rings (SSSR count). The summed E-state index contributed by atoms with van der Waals surface area (Å²) in [5.41, 5.74) is 1.62. The van der Waals surface area contributed by atoms with E-state index in [4.69, 9.17) is 4.74 Å². The van der Waals surface area contributed by atoms with Gasteiger partial charge in [-0.25, -0.2) is 19.2 Å². The van der Waals surface area contributed by atoms with Crippen molar-refractivity contribution in [2.45, 2.75) is 116 Å². The zero-order valence-corrected chi connectivity index (χ0v) is 21.7. The number of rotatable bonds is 14. The van der Waals surface area contributed by atoms with Gasteiger partial charge in [0.1, 0.15) is 11.9 Å². The molecule has 0 saturated heterocycles. The minimum atomic E-state index is -0.584. The fourth-order valence-electron chi connectivity index (χ4n) is 4.98. The number of esters is 1. The maximum absolute atomic E-state index is 14.8. The van der Waals surface area contributed by atoms with Crippen LogP contribution in [0.1, 0.15) is 120 Å². The molecule has 0 amide bonds. The SMILES string of the molecule is CCCCCCCCCC1CCC(OC(=O)c2ccc(-c3ncc(CCCC)cn3)cc2F)CC1. The highest BCUT2D eigenvalue weighted by Crippen LogP contribution is 2.31. The van der Waals surface area contributed by atoms with Crippen LogP contribution < -0.4 is 0 Å². The molecule has 0 bridgehead atoms. The second-order valence-electron chi connectivity index (χ2n) is 10.2. The van der Waals surface area contributed by atoms with Crippen LogP contribution in [0.4, 0.5) is 4.39 Å². The minimum Gasteiger partial charge on any atom is -0.459 e. The van der Waals surface area contributed by atoms with E-state index in [0.29, 0.717) is 11.4 Å². The number of carbonyl (C=O) groups excluding carboxylic acids is 1. The molecule has 1 fully saturated rings. The van der Waals surface area contributed by atoms with E-state index in [-0.39, 0.29) is 11.7 Å². The smallest absolute Gasteiger partial charge is 0.341 e. The van der Waals surface area contributed by atoms with Gasteiger partial charge in [-0.3, -0.25) is 0 Å². The van der Waals surface area contributed by atoms with Crippen molar-refractivity contribution in [2.75, 3.05) is 0 Å². The first-order valence-electron chi connectivity index (χ1n) is 13.9. The van der Waals surface area contributed by atoms with Crippen LogP contribution in [0.2, 0.25) is 0 Å². The molecular formula is C30H43FN2O2. The zero-order valence-electron chi connectivity index (χ0n) is 21.7. The Labute approximate surface area is 211 Å². The first-order valence-corrected chi connectivity index (χ1v) is 13.9. The number of hydrogen-bond acceptors (Lipinski definition) is 4. The fourth-order valence-corrected chi connectivity index (χ4v) is 4.98. The molecule has 1 aliphatic rings. The minimum absolute atomic E-state index is 0.0153. The fraction of sp³-hybridized carbons (Fsp3) is 0.633. The third-order valence-corrected chi connectivity index (χ3v) is 7.25. The van der Waals surface area contributed by atoms with Gasteiger partial charge in [-0.05, 0) is 62.1 Å². The van der Waals surface area contributed by atoms with Crippen LogP contribution in [0.5, 0.6) is 0 Å². The Morgan fingerprint density at radius 3 is 2.23 bits per heavy atom. The van der Waals surface area contributed by atoms with E-state index >= 15 is 0 Å². The van der Waals surface area contributed by atoms with Crippen molar-refractivity contribution in [1.29, 1.82) is 0 Å². The van der Waals surface area contributed by atoms with Crippen molar-refractivity contribution in [3.05, 3.63) is 47.5 Å². The van der Waals surface area contributed by atoms with Gasteiger partial charge in [0.2, 0.25) is 0 Å². The molecule has 4 nitrogen and oxygen atoms in total. The molecule has 0 spiro atoms. The molecule has 0 N–H and O–H groups in total. The molecule has 0 radical (unpaired) electrons. The number of hydrogen-bond donors (Lipinski definition) is 0. The highest BCUT2D eigenvalue weighted by molar-refractivity contribution is 5.90. The number of halogens is 1. The predicted molar refractivity (Wildman–Crippen MR) is 140 cm³/mol. The van der Waals surface area contributed by atoms with Crippen molar-refractivity contribution in [2.24, 2.45) is 5.92 Å². The third-order valence-electron chi connectivity index (χ3n) is 7.25. The molecule has 1 aromatic heterocycles. The highest BCUT2D eigenvalue weighted by Gasteiger charge is 2.25. The lowest BCUT2D eigenvalue weighted by Gasteiger charge is -2.28. The molecule has 0 aliphatic heterocycles. The van der Waals surface area contributed by atoms with Crippen LogP contribution in [0.25, 0.3) is 11.4 Å². The van der Waals surface area contributed by atoms with E-state index in [0.717, 1.165) is 56.4 Å². The number of benzene rings is 1. The van der Waals surface area contributed by atoms with Crippen molar-refractivity contribution in [3.8, 4) is 11.4 Å². The van der Waals surface area contributed by atoms with Crippen LogP contribution in [-0.4, -0.2) is 22.0 Å². The standard InChI is InChI=1S/C30H43FN2O2/c1-3-5-7-8-9-10-11-13-23-14-17-26(18-15-23)35-30(34)27-19-16-25(20-28(27)31)29-32-21-24(22-33-29)12-6-4-2/h16,19-23,26H,3-15,17-18H2,1-2H3. The van der Waals surface area contributed by atoms with Crippen molar-refractivity contribution < 1.29 is 13.9 Å². The molecule has 0 atom stereocenters. The molecule has 35 heavy (non-hydrogen) atoms. The number of ether oxygens (including phenoxy) is 1. The van der Waals surface area contributed by atoms with Gasteiger partial charge in [-0.1, -0.05) is 77.7 Å². The summed E-state index contributed by atoms with van der Waals surface area (Å²) in [7, 11) is 0. The van der Waals surface area contributed by atoms with E-state index in [1.54, 1.807) is 18.5 Å². The Balaban J connectivity index is 1.42. The molecule has 0 unspecified atom stereocenters. The molecule has 192 valence electrons. The monoisotopic (exact) mass is 482 g/mol. The van der Waals surface area contributed by atoms with Gasteiger partial charge in [0.15, 0.2) is 5.82 Å². The van der Waals surface area contributed by atoms with Gasteiger partial charge in [0, 0.05) is 18.0 Å². The summed E-state index contributed by atoms with van der Waals surface area (Å²) < 4.78 is 20.4. The number of aryl methyl sites for hydroxylation is 1. The van der Waals surface area contributed by atoms with E-state index < -0.39 is 11.8 Å². The van der Waals surface area contributed by atoms with Crippen LogP contribution in [0.15, 0.2) is 30.6 Å². The van der Waals surface area contributed by atoms with Crippen LogP contribution in [-0.2, 0) is 11.2 Å². The molecule has 1 heterocycles. The number of unbranched alkanes of at least 4 members (excludes halogenated alkanes) is 7. The first kappa shape index (κ1) is 27.3. The number of nitrogens with zero attached hydrogens (tertiary/aromatic N) is 2. The van der Waals surface area contributed by atoms with Gasteiger partial charge >= 0.3 is 5.97 Å². The zero-order chi connectivity index (χ0) is 24.9. The maximum Gasteiger partial charge on any atom is 0.341 e. The van der Waals surface area contributed by atoms with E-state index in [9.17, 15) is 9.18 Å². The average molecular weight is 483 g/mol. The Bertz CT molecular complexity index is 892. The van der Waals surface area contributed by atoms with Gasteiger partial charge in [-0.2, -0.15) is 0 Å². The van der Waals surface area contributed by atoms with Gasteiger partial charge in [-0.15, -0.1) is 0 Å². The molecular weight excluding hydrogens is 439 g/mol. The van der Waals surface area contributed by atoms with E-state index in [1.165, 1.54) is 63.5 Å². The molecule has 1 aliphatic carbocycles. The molecule has 1 saturated carbocycles. The predicted octanol–water partition coefficient (Wildman–Crippen LogP) is 8.48. The quantitative estimate of drug-likeness (QED) is 0.200. The second kappa shape index (κ2) is 15.0. The summed E-state index contributed by atoms with van der Waals surface area (Å²) in [4.78, 5) is 21.4. The Kier molecular flexibility index (Phi) is 11.7. The van der Waals surface area contributed by atoms with Crippen molar-refractivity contribution >= 4 is 5.97 Å². The van der Waals surface area contributed by atoms with Crippen LogP contribution in [0.3, 0.4) is 0 Å². The van der Waals surface area contributed by atoms with Gasteiger partial charge in [0.05, 0.1) is 5.56 Å². The van der Waals surface area contributed by atoms with E-state index in [1.807, 2.05) is 0 Å². The largest absolute Gasteiger partial charge is 0.459 e. The summed E-state index contributed by atoms with van der Waals surface area (Å²) in [5.74, 6) is 0.0486. The molecule has 1 aromatic carbocycles. The van der Waals surface area contributed by atoms with Crippen LogP contribution in [0, 0.1) is 11.7 Å². The average Bonchev–Trinajstić information content (AvgIpc) is 2.88. The normalized spacial score (nSPS) is 17.9. The lowest BCUT2D eigenvalue weighted by Crippen LogP contribution is -2.25. The summed E-state index contributed by atoms with van der Waals surface area (Å²) in [6.45, 7) is 4.40. The second-order valence-corrected chi connectivity index (χ2v) is 10.2. The Morgan fingerprint density at radius 1 is 0.914 bits per heavy atom. The summed E-state index contributed by atoms with van der Waals surface area (Å²) >= 11 is 0. The van der Waals surface area contributed by atoms with E-state index in [2.05, 4.69) is 23.8 Å². The third kappa shape index (κ3) is 9.01. The number of aromatic nitrogens is 2. The summed E-state index contributed by atoms with van der Waals surface area (Å²) in [6.07, 6.45) is 21.3. The lowest BCUT2D eigenvalue weighted by atomic mass is 9.84. The summed E-state index contributed by atoms with van der Waals surface area (Å²) in [5, 5.41) is 0.